The van der Waals surface area contributed by atoms with E-state index < -0.39 is 0 Å². The molecule has 13 heavy (non-hydrogen) atoms. The van der Waals surface area contributed by atoms with Crippen molar-refractivity contribution < 1.29 is 14.8 Å². The predicted octanol–water partition coefficient (Wildman–Crippen LogP) is 2.85. The summed E-state index contributed by atoms with van der Waals surface area (Å²) >= 11 is 0. The molecule has 1 rings (SSSR count). The quantitative estimate of drug-likeness (QED) is 0.621. The van der Waals surface area contributed by atoms with Gasteiger partial charge in [0, 0.05) is 6.42 Å². The van der Waals surface area contributed by atoms with Crippen LogP contribution in [0.2, 0.25) is 0 Å². The van der Waals surface area contributed by atoms with Gasteiger partial charge in [-0.25, -0.2) is 9.78 Å². The van der Waals surface area contributed by atoms with Gasteiger partial charge in [-0.05, 0) is 12.3 Å². The van der Waals surface area contributed by atoms with E-state index in [9.17, 15) is 0 Å². The molecule has 0 aliphatic carbocycles. The minimum atomic E-state index is 0.241. The van der Waals surface area contributed by atoms with Crippen molar-refractivity contribution in [1.29, 1.82) is 0 Å². The van der Waals surface area contributed by atoms with Crippen LogP contribution in [-0.2, 0) is 14.8 Å². The maximum atomic E-state index is 5.11. The molecular formula is C10H20O3. The van der Waals surface area contributed by atoms with Crippen molar-refractivity contribution in [2.75, 3.05) is 6.61 Å². The Morgan fingerprint density at radius 3 is 2.77 bits per heavy atom. The molecule has 1 aliphatic heterocycles. The highest BCUT2D eigenvalue weighted by atomic mass is 17.5. The maximum absolute atomic E-state index is 5.11. The van der Waals surface area contributed by atoms with Crippen LogP contribution in [0.25, 0.3) is 0 Å². The molecule has 2 atom stereocenters. The molecule has 0 spiro atoms. The van der Waals surface area contributed by atoms with Gasteiger partial charge in [-0.3, -0.25) is 0 Å². The molecule has 0 N–H and O–H groups in total. The first-order valence-corrected chi connectivity index (χ1v) is 5.33. The zero-order valence-electron chi connectivity index (χ0n) is 8.62. The van der Waals surface area contributed by atoms with Gasteiger partial charge < -0.3 is 0 Å². The van der Waals surface area contributed by atoms with Crippen LogP contribution in [0, 0.1) is 5.92 Å². The van der Waals surface area contributed by atoms with E-state index >= 15 is 0 Å². The second-order valence-electron chi connectivity index (χ2n) is 3.62. The Kier molecular flexibility index (Phi) is 5.35. The Hall–Kier alpha value is -0.120. The van der Waals surface area contributed by atoms with Crippen LogP contribution < -0.4 is 0 Å². The maximum Gasteiger partial charge on any atom is 0.101 e. The Balaban J connectivity index is 2.26. The van der Waals surface area contributed by atoms with Gasteiger partial charge in [0.25, 0.3) is 0 Å². The van der Waals surface area contributed by atoms with Crippen LogP contribution in [0.1, 0.15) is 46.0 Å². The molecule has 0 bridgehead atoms. The fraction of sp³-hybridized carbons (Fsp3) is 1.00. The summed E-state index contributed by atoms with van der Waals surface area (Å²) in [4.78, 5) is 9.78. The van der Waals surface area contributed by atoms with E-state index in [1.54, 1.807) is 0 Å². The molecule has 0 amide bonds. The van der Waals surface area contributed by atoms with Crippen molar-refractivity contribution in [3.8, 4) is 0 Å². The second-order valence-corrected chi connectivity index (χ2v) is 3.62. The van der Waals surface area contributed by atoms with Gasteiger partial charge >= 0.3 is 0 Å². The molecule has 1 saturated heterocycles. The summed E-state index contributed by atoms with van der Waals surface area (Å²) in [5.74, 6) is 0.629. The second kappa shape index (κ2) is 6.35. The van der Waals surface area contributed by atoms with Gasteiger partial charge in [0.1, 0.15) is 6.10 Å². The number of hydrogen-bond acceptors (Lipinski definition) is 3. The van der Waals surface area contributed by atoms with Gasteiger partial charge in [0.2, 0.25) is 0 Å². The number of hydrogen-bond donors (Lipinski definition) is 0. The van der Waals surface area contributed by atoms with Crippen molar-refractivity contribution in [1.82, 2.24) is 0 Å². The molecule has 1 heterocycles. The Morgan fingerprint density at radius 1 is 1.38 bits per heavy atom. The summed E-state index contributed by atoms with van der Waals surface area (Å²) in [6.45, 7) is 5.08. The minimum absolute atomic E-state index is 0.241. The van der Waals surface area contributed by atoms with Gasteiger partial charge in [-0.2, -0.15) is 0 Å². The predicted molar refractivity (Wildman–Crippen MR) is 49.8 cm³/mol. The summed E-state index contributed by atoms with van der Waals surface area (Å²) in [5, 5.41) is 4.54. The molecule has 3 nitrogen and oxygen atoms in total. The topological polar surface area (TPSA) is 27.7 Å². The lowest BCUT2D eigenvalue weighted by molar-refractivity contribution is -0.552. The standard InChI is InChI=1S/C10H20O3/c1-3-5-6-9(4-2)10-7-8-11-13-12-10/h9-10H,3-8H2,1-2H3. The molecule has 1 fully saturated rings. The molecule has 3 heteroatoms. The smallest absolute Gasteiger partial charge is 0.101 e. The summed E-state index contributed by atoms with van der Waals surface area (Å²) in [5.41, 5.74) is 0. The average Bonchev–Trinajstić information content (AvgIpc) is 2.21. The van der Waals surface area contributed by atoms with E-state index in [4.69, 9.17) is 4.89 Å². The van der Waals surface area contributed by atoms with Crippen LogP contribution in [0.4, 0.5) is 0 Å². The first kappa shape index (κ1) is 11.0. The summed E-state index contributed by atoms with van der Waals surface area (Å²) in [6.07, 6.45) is 6.13. The molecule has 0 radical (unpaired) electrons. The first-order chi connectivity index (χ1) is 6.38. The first-order valence-electron chi connectivity index (χ1n) is 5.33. The summed E-state index contributed by atoms with van der Waals surface area (Å²) < 4.78 is 0. The highest BCUT2D eigenvalue weighted by Crippen LogP contribution is 2.24. The van der Waals surface area contributed by atoms with Crippen molar-refractivity contribution in [3.63, 3.8) is 0 Å². The lowest BCUT2D eigenvalue weighted by Gasteiger charge is -2.27. The Bertz CT molecular complexity index is 121. The third-order valence-electron chi connectivity index (χ3n) is 2.68. The van der Waals surface area contributed by atoms with E-state index in [0.717, 1.165) is 12.8 Å². The summed E-state index contributed by atoms with van der Waals surface area (Å²) in [6, 6.07) is 0. The Morgan fingerprint density at radius 2 is 2.23 bits per heavy atom. The SMILES string of the molecule is CCCCC(CC)C1CCOOO1. The van der Waals surface area contributed by atoms with E-state index in [1.165, 1.54) is 19.3 Å². The van der Waals surface area contributed by atoms with E-state index in [0.29, 0.717) is 12.5 Å². The molecule has 0 aromatic heterocycles. The van der Waals surface area contributed by atoms with Gasteiger partial charge in [-0.1, -0.05) is 38.1 Å². The highest BCUT2D eigenvalue weighted by Gasteiger charge is 2.24. The van der Waals surface area contributed by atoms with Crippen molar-refractivity contribution in [2.24, 2.45) is 5.92 Å². The van der Waals surface area contributed by atoms with Gasteiger partial charge in [-0.15, -0.1) is 0 Å². The number of rotatable bonds is 5. The molecule has 0 saturated carbocycles. The normalized spacial score (nSPS) is 25.8. The third-order valence-corrected chi connectivity index (χ3v) is 2.68. The van der Waals surface area contributed by atoms with Crippen molar-refractivity contribution in [3.05, 3.63) is 0 Å². The molecule has 78 valence electrons. The van der Waals surface area contributed by atoms with E-state index in [2.05, 4.69) is 23.8 Å². The fourth-order valence-electron chi connectivity index (χ4n) is 1.76. The lowest BCUT2D eigenvalue weighted by atomic mass is 9.92. The van der Waals surface area contributed by atoms with Crippen LogP contribution in [0.15, 0.2) is 0 Å². The van der Waals surface area contributed by atoms with Crippen molar-refractivity contribution >= 4 is 0 Å². The fourth-order valence-corrected chi connectivity index (χ4v) is 1.76. The van der Waals surface area contributed by atoms with Crippen LogP contribution in [0.3, 0.4) is 0 Å². The third kappa shape index (κ3) is 3.63. The number of unbranched alkanes of at least 4 members (excludes halogenated alkanes) is 1. The van der Waals surface area contributed by atoms with E-state index in [1.807, 2.05) is 0 Å². The average molecular weight is 188 g/mol. The zero-order valence-corrected chi connectivity index (χ0v) is 8.62. The monoisotopic (exact) mass is 188 g/mol. The van der Waals surface area contributed by atoms with Gasteiger partial charge in [0.05, 0.1) is 6.61 Å². The minimum Gasteiger partial charge on any atom is -0.206 e. The van der Waals surface area contributed by atoms with E-state index in [-0.39, 0.29) is 6.10 Å². The summed E-state index contributed by atoms with van der Waals surface area (Å²) in [7, 11) is 0. The highest BCUT2D eigenvalue weighted by molar-refractivity contribution is 4.69. The van der Waals surface area contributed by atoms with Crippen molar-refractivity contribution in [2.45, 2.75) is 52.1 Å². The van der Waals surface area contributed by atoms with Crippen LogP contribution in [-0.4, -0.2) is 12.7 Å². The van der Waals surface area contributed by atoms with Crippen LogP contribution >= 0.6 is 0 Å². The molecule has 1 aliphatic rings. The molecule has 2 unspecified atom stereocenters. The zero-order chi connectivity index (χ0) is 9.52. The lowest BCUT2D eigenvalue weighted by Crippen LogP contribution is -2.29. The van der Waals surface area contributed by atoms with Crippen LogP contribution in [0.5, 0.6) is 0 Å². The van der Waals surface area contributed by atoms with Gasteiger partial charge in [0.15, 0.2) is 0 Å². The molecule has 0 aromatic carbocycles. The molecule has 0 aromatic rings. The largest absolute Gasteiger partial charge is 0.206 e. The Labute approximate surface area is 80.2 Å². The molecular weight excluding hydrogens is 168 g/mol.